The molecule has 3 aromatic rings. The zero-order chi connectivity index (χ0) is 23.8. The monoisotopic (exact) mass is 476 g/mol. The van der Waals surface area contributed by atoms with E-state index in [0.717, 1.165) is 33.8 Å². The Morgan fingerprint density at radius 1 is 1.24 bits per heavy atom. The molecular weight excluding hydrogens is 453 g/mol. The molecule has 4 rings (SSSR count). The van der Waals surface area contributed by atoms with Gasteiger partial charge in [-0.3, -0.25) is 4.79 Å². The molecule has 2 atom stereocenters. The lowest BCUT2D eigenvalue weighted by Gasteiger charge is -2.13. The van der Waals surface area contributed by atoms with E-state index >= 15 is 0 Å². The molecule has 0 aliphatic carbocycles. The maximum absolute atomic E-state index is 12.7. The number of thiazole rings is 1. The Labute approximate surface area is 192 Å². The van der Waals surface area contributed by atoms with Gasteiger partial charge >= 0.3 is 6.18 Å². The number of anilines is 2. The Morgan fingerprint density at radius 3 is 2.64 bits per heavy atom. The summed E-state index contributed by atoms with van der Waals surface area (Å²) in [5.74, 6) is -0.0495. The number of nitrogens with one attached hydrogen (secondary N) is 2. The number of carbonyl (C=O) groups is 1. The normalized spacial score (nSPS) is 15.2. The van der Waals surface area contributed by atoms with Crippen LogP contribution >= 0.6 is 11.3 Å². The molecule has 10 heteroatoms. The Kier molecular flexibility index (Phi) is 6.42. The molecule has 2 heterocycles. The van der Waals surface area contributed by atoms with Crippen LogP contribution < -0.4 is 16.4 Å². The van der Waals surface area contributed by atoms with E-state index < -0.39 is 17.8 Å². The molecule has 1 aliphatic rings. The van der Waals surface area contributed by atoms with Crippen LogP contribution in [0.1, 0.15) is 35.4 Å². The molecular formula is C23H23F3N4O2S. The van der Waals surface area contributed by atoms with Crippen molar-refractivity contribution in [2.24, 2.45) is 5.73 Å². The van der Waals surface area contributed by atoms with E-state index in [1.807, 2.05) is 18.2 Å². The fraction of sp³-hybridized carbons (Fsp3) is 0.304. The van der Waals surface area contributed by atoms with Crippen LogP contribution in [0.2, 0.25) is 0 Å². The number of halogens is 3. The molecule has 5 N–H and O–H groups in total. The predicted octanol–water partition coefficient (Wildman–Crippen LogP) is 4.36. The SMILES string of the molecule is CC(O)c1nc(NC[C@@H](N)Cc2ccc(C(F)(F)F)cc2)sc1-c1ccc2c(c1)CC(=O)N2. The highest BCUT2D eigenvalue weighted by molar-refractivity contribution is 7.19. The van der Waals surface area contributed by atoms with Gasteiger partial charge in [-0.15, -0.1) is 0 Å². The van der Waals surface area contributed by atoms with Crippen LogP contribution in [-0.2, 0) is 23.8 Å². The van der Waals surface area contributed by atoms with Crippen molar-refractivity contribution in [3.63, 3.8) is 0 Å². The van der Waals surface area contributed by atoms with Crippen molar-refractivity contribution in [3.8, 4) is 10.4 Å². The molecule has 0 spiro atoms. The van der Waals surface area contributed by atoms with Crippen LogP contribution in [0.3, 0.4) is 0 Å². The molecule has 1 amide bonds. The van der Waals surface area contributed by atoms with E-state index in [0.29, 0.717) is 35.8 Å². The Hall–Kier alpha value is -2.95. The highest BCUT2D eigenvalue weighted by Crippen LogP contribution is 2.38. The zero-order valence-electron chi connectivity index (χ0n) is 17.7. The third kappa shape index (κ3) is 5.35. The fourth-order valence-corrected chi connectivity index (χ4v) is 4.75. The summed E-state index contributed by atoms with van der Waals surface area (Å²) < 4.78 is 38.1. The van der Waals surface area contributed by atoms with Gasteiger partial charge in [0, 0.05) is 18.3 Å². The molecule has 1 aliphatic heterocycles. The summed E-state index contributed by atoms with van der Waals surface area (Å²) in [4.78, 5) is 16.9. The minimum atomic E-state index is -4.36. The van der Waals surface area contributed by atoms with Crippen molar-refractivity contribution in [2.75, 3.05) is 17.2 Å². The maximum atomic E-state index is 12.7. The van der Waals surface area contributed by atoms with Gasteiger partial charge in [0.1, 0.15) is 0 Å². The summed E-state index contributed by atoms with van der Waals surface area (Å²) in [6, 6.07) is 10.3. The molecule has 0 fully saturated rings. The van der Waals surface area contributed by atoms with Crippen molar-refractivity contribution in [1.82, 2.24) is 4.98 Å². The van der Waals surface area contributed by atoms with Gasteiger partial charge in [0.2, 0.25) is 5.91 Å². The van der Waals surface area contributed by atoms with Crippen molar-refractivity contribution >= 4 is 28.1 Å². The molecule has 33 heavy (non-hydrogen) atoms. The summed E-state index contributed by atoms with van der Waals surface area (Å²) in [5, 5.41) is 16.8. The second-order valence-corrected chi connectivity index (χ2v) is 9.05. The van der Waals surface area contributed by atoms with Crippen LogP contribution in [0.15, 0.2) is 42.5 Å². The lowest BCUT2D eigenvalue weighted by atomic mass is 10.0. The maximum Gasteiger partial charge on any atom is 0.416 e. The average Bonchev–Trinajstić information content (AvgIpc) is 3.34. The lowest BCUT2D eigenvalue weighted by molar-refractivity contribution is -0.137. The summed E-state index contributed by atoms with van der Waals surface area (Å²) >= 11 is 1.37. The molecule has 6 nitrogen and oxygen atoms in total. The number of fused-ring (bicyclic) bond motifs is 1. The number of hydrogen-bond donors (Lipinski definition) is 4. The van der Waals surface area contributed by atoms with E-state index in [-0.39, 0.29) is 11.9 Å². The standard InChI is InChI=1S/C23H23F3N4O2S/c1-12(31)20-21(14-4-7-18-15(9-14)10-19(32)29-18)33-22(30-20)28-11-17(27)8-13-2-5-16(6-3-13)23(24,25)26/h2-7,9,12,17,31H,8,10-11,27H2,1H3,(H,28,30)(H,29,32)/t12?,17-/m0/s1. The fourth-order valence-electron chi connectivity index (χ4n) is 3.69. The number of carbonyl (C=O) groups excluding carboxylic acids is 1. The number of aromatic nitrogens is 1. The molecule has 0 saturated carbocycles. The molecule has 0 saturated heterocycles. The molecule has 1 aromatic heterocycles. The van der Waals surface area contributed by atoms with E-state index in [1.54, 1.807) is 6.92 Å². The Balaban J connectivity index is 1.44. The highest BCUT2D eigenvalue weighted by Gasteiger charge is 2.30. The van der Waals surface area contributed by atoms with Crippen molar-refractivity contribution in [3.05, 3.63) is 64.8 Å². The summed E-state index contributed by atoms with van der Waals surface area (Å²) in [6.45, 7) is 1.99. The Bertz CT molecular complexity index is 1160. The number of amides is 1. The van der Waals surface area contributed by atoms with Gasteiger partial charge in [-0.05, 0) is 54.3 Å². The number of nitrogens with two attached hydrogens (primary N) is 1. The number of aliphatic hydroxyl groups is 1. The van der Waals surface area contributed by atoms with Crippen molar-refractivity contribution in [2.45, 2.75) is 38.1 Å². The first-order chi connectivity index (χ1) is 15.6. The smallest absolute Gasteiger partial charge is 0.387 e. The molecule has 0 radical (unpaired) electrons. The second kappa shape index (κ2) is 9.12. The van der Waals surface area contributed by atoms with E-state index in [4.69, 9.17) is 5.73 Å². The van der Waals surface area contributed by atoms with Gasteiger partial charge in [0.05, 0.1) is 28.7 Å². The topological polar surface area (TPSA) is 100 Å². The summed E-state index contributed by atoms with van der Waals surface area (Å²) in [6.07, 6.45) is -4.44. The summed E-state index contributed by atoms with van der Waals surface area (Å²) in [7, 11) is 0. The first-order valence-corrected chi connectivity index (χ1v) is 11.2. The van der Waals surface area contributed by atoms with Crippen molar-refractivity contribution in [1.29, 1.82) is 0 Å². The van der Waals surface area contributed by atoms with Crippen LogP contribution in [0, 0.1) is 0 Å². The molecule has 174 valence electrons. The van der Waals surface area contributed by atoms with Crippen LogP contribution in [0.4, 0.5) is 24.0 Å². The number of rotatable bonds is 7. The van der Waals surface area contributed by atoms with Crippen LogP contribution in [0.5, 0.6) is 0 Å². The first-order valence-electron chi connectivity index (χ1n) is 10.4. The number of alkyl halides is 3. The first kappa shape index (κ1) is 23.2. The van der Waals surface area contributed by atoms with Gasteiger partial charge in [0.15, 0.2) is 5.13 Å². The predicted molar refractivity (Wildman–Crippen MR) is 122 cm³/mol. The molecule has 1 unspecified atom stereocenters. The number of benzene rings is 2. The van der Waals surface area contributed by atoms with Gasteiger partial charge in [-0.2, -0.15) is 13.2 Å². The number of hydrogen-bond acceptors (Lipinski definition) is 6. The average molecular weight is 477 g/mol. The lowest BCUT2D eigenvalue weighted by Crippen LogP contribution is -2.31. The van der Waals surface area contributed by atoms with E-state index in [9.17, 15) is 23.1 Å². The van der Waals surface area contributed by atoms with Crippen molar-refractivity contribution < 1.29 is 23.1 Å². The minimum Gasteiger partial charge on any atom is -0.387 e. The number of nitrogens with zero attached hydrogens (tertiary/aromatic N) is 1. The second-order valence-electron chi connectivity index (χ2n) is 8.05. The molecule has 0 bridgehead atoms. The minimum absolute atomic E-state index is 0.0495. The largest absolute Gasteiger partial charge is 0.416 e. The van der Waals surface area contributed by atoms with Gasteiger partial charge < -0.3 is 21.5 Å². The number of aliphatic hydroxyl groups excluding tert-OH is 1. The van der Waals surface area contributed by atoms with E-state index in [2.05, 4.69) is 15.6 Å². The van der Waals surface area contributed by atoms with Gasteiger partial charge in [-0.1, -0.05) is 29.5 Å². The highest BCUT2D eigenvalue weighted by atomic mass is 32.1. The van der Waals surface area contributed by atoms with Gasteiger partial charge in [-0.25, -0.2) is 4.98 Å². The van der Waals surface area contributed by atoms with Crippen LogP contribution in [0.25, 0.3) is 10.4 Å². The van der Waals surface area contributed by atoms with Gasteiger partial charge in [0.25, 0.3) is 0 Å². The zero-order valence-corrected chi connectivity index (χ0v) is 18.6. The quantitative estimate of drug-likeness (QED) is 0.406. The Morgan fingerprint density at radius 2 is 1.97 bits per heavy atom. The third-order valence-electron chi connectivity index (χ3n) is 5.34. The van der Waals surface area contributed by atoms with Crippen LogP contribution in [-0.4, -0.2) is 28.6 Å². The van der Waals surface area contributed by atoms with E-state index in [1.165, 1.54) is 23.5 Å². The molecule has 2 aromatic carbocycles. The summed E-state index contributed by atoms with van der Waals surface area (Å²) in [5.41, 5.74) is 9.27. The third-order valence-corrected chi connectivity index (χ3v) is 6.41.